The molecule has 2 N–H and O–H groups in total. The van der Waals surface area contributed by atoms with Crippen LogP contribution in [0.4, 0.5) is 17.6 Å². The fourth-order valence-corrected chi connectivity index (χ4v) is 4.18. The van der Waals surface area contributed by atoms with Crippen molar-refractivity contribution in [2.45, 2.75) is 38.0 Å². The van der Waals surface area contributed by atoms with Crippen LogP contribution in [0.5, 0.6) is 0 Å². The number of amides is 1. The summed E-state index contributed by atoms with van der Waals surface area (Å²) in [4.78, 5) is 16.5. The van der Waals surface area contributed by atoms with Crippen molar-refractivity contribution < 1.29 is 27.5 Å². The summed E-state index contributed by atoms with van der Waals surface area (Å²) in [5, 5.41) is 12.5. The highest BCUT2D eigenvalue weighted by Gasteiger charge is 2.32. The number of likely N-dealkylation sites (tertiary alicyclic amines) is 2. The van der Waals surface area contributed by atoms with Gasteiger partial charge in [-0.05, 0) is 49.8 Å². The molecule has 0 spiro atoms. The van der Waals surface area contributed by atoms with Crippen molar-refractivity contribution in [3.8, 4) is 0 Å². The first-order valence-electron chi connectivity index (χ1n) is 10.5. The number of hydrogen-bond donors (Lipinski definition) is 2. The standard InChI is InChI=1S/C21H27F4N3O2S/c22-17-10-15(9-16(11-17)21(23,24)25)20(31)26-12-14-1-7-28(8-2-14)19(30)13-27-5-3-18(29)4-6-27/h9-11,14,18,29H,1-8,12-13H2,(H,26,31). The summed E-state index contributed by atoms with van der Waals surface area (Å²) in [6.07, 6.45) is -2.01. The van der Waals surface area contributed by atoms with Gasteiger partial charge in [-0.1, -0.05) is 12.2 Å². The monoisotopic (exact) mass is 461 g/mol. The minimum atomic E-state index is -4.64. The van der Waals surface area contributed by atoms with E-state index in [1.165, 1.54) is 0 Å². The third-order valence-corrected chi connectivity index (χ3v) is 6.30. The van der Waals surface area contributed by atoms with E-state index < -0.39 is 17.6 Å². The number of carbonyl (C=O) groups excluding carboxylic acids is 1. The van der Waals surface area contributed by atoms with E-state index >= 15 is 0 Å². The van der Waals surface area contributed by atoms with Crippen molar-refractivity contribution in [2.24, 2.45) is 5.92 Å². The number of rotatable bonds is 5. The SMILES string of the molecule is O=C(CN1CCC(O)CC1)N1CCC(CNC(=S)c2cc(F)cc(C(F)(F)F)c2)CC1. The molecule has 0 atom stereocenters. The lowest BCUT2D eigenvalue weighted by molar-refractivity contribution is -0.138. The van der Waals surface area contributed by atoms with Crippen LogP contribution < -0.4 is 5.32 Å². The Hall–Kier alpha value is -1.78. The maximum absolute atomic E-state index is 13.6. The Labute approximate surface area is 184 Å². The summed E-state index contributed by atoms with van der Waals surface area (Å²) in [6.45, 7) is 3.50. The number of piperidine rings is 2. The van der Waals surface area contributed by atoms with Crippen LogP contribution in [0.2, 0.25) is 0 Å². The summed E-state index contributed by atoms with van der Waals surface area (Å²) in [5.74, 6) is -0.676. The van der Waals surface area contributed by atoms with Gasteiger partial charge in [0.1, 0.15) is 10.8 Å². The van der Waals surface area contributed by atoms with E-state index in [1.807, 2.05) is 4.90 Å². The Morgan fingerprint density at radius 1 is 1.10 bits per heavy atom. The molecule has 172 valence electrons. The van der Waals surface area contributed by atoms with Crippen LogP contribution in [0.15, 0.2) is 18.2 Å². The fraction of sp³-hybridized carbons (Fsp3) is 0.619. The number of nitrogens with zero attached hydrogens (tertiary/aromatic N) is 2. The van der Waals surface area contributed by atoms with Gasteiger partial charge in [-0.3, -0.25) is 9.69 Å². The van der Waals surface area contributed by atoms with Crippen molar-refractivity contribution in [2.75, 3.05) is 39.3 Å². The van der Waals surface area contributed by atoms with E-state index in [0.717, 1.165) is 38.1 Å². The number of benzene rings is 1. The second kappa shape index (κ2) is 10.2. The second-order valence-corrected chi connectivity index (χ2v) is 8.68. The summed E-state index contributed by atoms with van der Waals surface area (Å²) in [5.41, 5.74) is -1.07. The molecule has 2 heterocycles. The number of alkyl halides is 3. The predicted octanol–water partition coefficient (Wildman–Crippen LogP) is 2.80. The maximum Gasteiger partial charge on any atom is 0.416 e. The number of hydrogen-bond acceptors (Lipinski definition) is 4. The van der Waals surface area contributed by atoms with E-state index in [1.54, 1.807) is 0 Å². The highest BCUT2D eigenvalue weighted by molar-refractivity contribution is 7.80. The first-order chi connectivity index (χ1) is 14.6. The van der Waals surface area contributed by atoms with Crippen molar-refractivity contribution in [1.29, 1.82) is 0 Å². The Bertz CT molecular complexity index is 789. The van der Waals surface area contributed by atoms with Crippen LogP contribution in [0.25, 0.3) is 0 Å². The van der Waals surface area contributed by atoms with Crippen LogP contribution in [0.1, 0.15) is 36.8 Å². The van der Waals surface area contributed by atoms with Crippen LogP contribution in [0, 0.1) is 11.7 Å². The molecule has 31 heavy (non-hydrogen) atoms. The first-order valence-corrected chi connectivity index (χ1v) is 10.9. The number of thiocarbonyl (C=S) groups is 1. The number of aliphatic hydroxyl groups excluding tert-OH is 1. The second-order valence-electron chi connectivity index (χ2n) is 8.27. The summed E-state index contributed by atoms with van der Waals surface area (Å²) in [7, 11) is 0. The summed E-state index contributed by atoms with van der Waals surface area (Å²) in [6, 6.07) is 2.29. The van der Waals surface area contributed by atoms with Gasteiger partial charge in [0.05, 0.1) is 18.2 Å². The van der Waals surface area contributed by atoms with Gasteiger partial charge in [-0.25, -0.2) is 4.39 Å². The van der Waals surface area contributed by atoms with Crippen molar-refractivity contribution in [3.63, 3.8) is 0 Å². The van der Waals surface area contributed by atoms with Crippen LogP contribution >= 0.6 is 12.2 Å². The number of carbonyl (C=O) groups is 1. The van der Waals surface area contributed by atoms with Gasteiger partial charge >= 0.3 is 6.18 Å². The Morgan fingerprint density at radius 3 is 2.35 bits per heavy atom. The highest BCUT2D eigenvalue weighted by Crippen LogP contribution is 2.30. The van der Waals surface area contributed by atoms with Crippen LogP contribution in [-0.4, -0.2) is 71.2 Å². The molecule has 5 nitrogen and oxygen atoms in total. The van der Waals surface area contributed by atoms with Gasteiger partial charge in [-0.15, -0.1) is 0 Å². The summed E-state index contributed by atoms with van der Waals surface area (Å²) >= 11 is 5.16. The molecule has 0 saturated carbocycles. The molecule has 2 saturated heterocycles. The predicted molar refractivity (Wildman–Crippen MR) is 112 cm³/mol. The lowest BCUT2D eigenvalue weighted by Crippen LogP contribution is -2.47. The molecule has 1 amide bonds. The molecule has 0 aliphatic carbocycles. The number of nitrogens with one attached hydrogen (secondary N) is 1. The molecule has 10 heteroatoms. The fourth-order valence-electron chi connectivity index (χ4n) is 3.98. The first kappa shape index (κ1) is 23.9. The number of aliphatic hydroxyl groups is 1. The molecule has 2 fully saturated rings. The zero-order valence-electron chi connectivity index (χ0n) is 17.1. The number of halogens is 4. The van der Waals surface area contributed by atoms with Gasteiger partial charge < -0.3 is 15.3 Å². The molecule has 0 aromatic heterocycles. The van der Waals surface area contributed by atoms with Gasteiger partial charge in [0, 0.05) is 38.3 Å². The van der Waals surface area contributed by atoms with Gasteiger partial charge in [0.2, 0.25) is 5.91 Å². The minimum absolute atomic E-state index is 0.00147. The Morgan fingerprint density at radius 2 is 1.74 bits per heavy atom. The molecule has 1 aromatic rings. The zero-order valence-corrected chi connectivity index (χ0v) is 17.9. The third kappa shape index (κ3) is 6.85. The maximum atomic E-state index is 13.6. The smallest absolute Gasteiger partial charge is 0.393 e. The molecule has 0 unspecified atom stereocenters. The van der Waals surface area contributed by atoms with E-state index in [4.69, 9.17) is 12.2 Å². The Kier molecular flexibility index (Phi) is 7.87. The highest BCUT2D eigenvalue weighted by atomic mass is 32.1. The molecule has 0 radical (unpaired) electrons. The lowest BCUT2D eigenvalue weighted by Gasteiger charge is -2.35. The molecule has 3 rings (SSSR count). The third-order valence-electron chi connectivity index (χ3n) is 5.92. The van der Waals surface area contributed by atoms with Crippen molar-refractivity contribution >= 4 is 23.1 Å². The largest absolute Gasteiger partial charge is 0.416 e. The van der Waals surface area contributed by atoms with Gasteiger partial charge in [0.25, 0.3) is 0 Å². The topological polar surface area (TPSA) is 55.8 Å². The molecule has 2 aliphatic heterocycles. The molecular weight excluding hydrogens is 434 g/mol. The molecular formula is C21H27F4N3O2S. The summed E-state index contributed by atoms with van der Waals surface area (Å²) < 4.78 is 52.2. The van der Waals surface area contributed by atoms with Gasteiger partial charge in [-0.2, -0.15) is 13.2 Å². The van der Waals surface area contributed by atoms with Crippen LogP contribution in [0.3, 0.4) is 0 Å². The van der Waals surface area contributed by atoms with Gasteiger partial charge in [0.15, 0.2) is 0 Å². The molecule has 2 aliphatic rings. The van der Waals surface area contributed by atoms with E-state index in [-0.39, 0.29) is 28.5 Å². The Balaban J connectivity index is 1.43. The average Bonchev–Trinajstić information content (AvgIpc) is 2.73. The van der Waals surface area contributed by atoms with E-state index in [2.05, 4.69) is 10.2 Å². The lowest BCUT2D eigenvalue weighted by atomic mass is 9.96. The minimum Gasteiger partial charge on any atom is -0.393 e. The van der Waals surface area contributed by atoms with E-state index in [0.29, 0.717) is 45.1 Å². The molecule has 0 bridgehead atoms. The zero-order chi connectivity index (χ0) is 22.6. The quantitative estimate of drug-likeness (QED) is 0.522. The normalized spacial score (nSPS) is 19.5. The van der Waals surface area contributed by atoms with Crippen molar-refractivity contribution in [1.82, 2.24) is 15.1 Å². The molecule has 1 aromatic carbocycles. The van der Waals surface area contributed by atoms with E-state index in [9.17, 15) is 27.5 Å². The van der Waals surface area contributed by atoms with Crippen LogP contribution in [-0.2, 0) is 11.0 Å². The average molecular weight is 462 g/mol. The van der Waals surface area contributed by atoms with Crippen molar-refractivity contribution in [3.05, 3.63) is 35.1 Å².